The lowest BCUT2D eigenvalue weighted by atomic mass is 10.1. The van der Waals surface area contributed by atoms with Crippen molar-refractivity contribution in [1.29, 1.82) is 0 Å². The summed E-state index contributed by atoms with van der Waals surface area (Å²) < 4.78 is 14.8. The van der Waals surface area contributed by atoms with Crippen LogP contribution in [0, 0.1) is 0 Å². The van der Waals surface area contributed by atoms with E-state index in [1.54, 1.807) is 105 Å². The molecule has 13 nitrogen and oxygen atoms in total. The second-order valence-electron chi connectivity index (χ2n) is 10.6. The highest BCUT2D eigenvalue weighted by molar-refractivity contribution is 6.07. The molecule has 220 valence electrons. The Labute approximate surface area is 242 Å². The SMILES string of the molecule is COC(=O)c1nc(-c2ccc(NC(=O)c3cc(NC(=O)c4cc(NC(=O)OC(C)(C)C)cn4C)cn3C)cc2)cn1C. The van der Waals surface area contributed by atoms with Gasteiger partial charge in [0.25, 0.3) is 11.8 Å². The third-order valence-electron chi connectivity index (χ3n) is 6.06. The van der Waals surface area contributed by atoms with Gasteiger partial charge in [0.05, 0.1) is 24.2 Å². The van der Waals surface area contributed by atoms with Gasteiger partial charge >= 0.3 is 12.1 Å². The fraction of sp³-hybridized carbons (Fsp3) is 0.276. The normalized spacial score (nSPS) is 11.1. The molecule has 0 saturated heterocycles. The zero-order chi connectivity index (χ0) is 30.8. The molecule has 0 atom stereocenters. The number of imidazole rings is 1. The number of aryl methyl sites for hydroxylation is 3. The third kappa shape index (κ3) is 6.86. The van der Waals surface area contributed by atoms with Gasteiger partial charge in [-0.05, 0) is 45.0 Å². The Kier molecular flexibility index (Phi) is 8.22. The van der Waals surface area contributed by atoms with Gasteiger partial charge in [0.15, 0.2) is 0 Å². The van der Waals surface area contributed by atoms with Crippen molar-refractivity contribution in [3.05, 3.63) is 72.2 Å². The van der Waals surface area contributed by atoms with Crippen LogP contribution in [0.4, 0.5) is 21.9 Å². The first kappa shape index (κ1) is 29.6. The first-order valence-electron chi connectivity index (χ1n) is 12.9. The highest BCUT2D eigenvalue weighted by Gasteiger charge is 2.20. The minimum atomic E-state index is -0.656. The van der Waals surface area contributed by atoms with E-state index in [1.807, 2.05) is 0 Å². The Balaban J connectivity index is 1.40. The lowest BCUT2D eigenvalue weighted by molar-refractivity contribution is 0.0581. The van der Waals surface area contributed by atoms with Crippen molar-refractivity contribution in [2.24, 2.45) is 21.1 Å². The van der Waals surface area contributed by atoms with E-state index >= 15 is 0 Å². The lowest BCUT2D eigenvalue weighted by Gasteiger charge is -2.19. The summed E-state index contributed by atoms with van der Waals surface area (Å²) in [4.78, 5) is 54.2. The van der Waals surface area contributed by atoms with Crippen molar-refractivity contribution in [2.75, 3.05) is 23.1 Å². The van der Waals surface area contributed by atoms with Crippen molar-refractivity contribution in [2.45, 2.75) is 26.4 Å². The molecule has 0 fully saturated rings. The van der Waals surface area contributed by atoms with Gasteiger partial charge in [-0.2, -0.15) is 0 Å². The number of ether oxygens (including phenoxy) is 2. The largest absolute Gasteiger partial charge is 0.463 e. The maximum Gasteiger partial charge on any atom is 0.412 e. The summed E-state index contributed by atoms with van der Waals surface area (Å²) in [6.07, 6.45) is 4.31. The number of anilines is 3. The number of carbonyl (C=O) groups excluding carboxylic acids is 4. The summed E-state index contributed by atoms with van der Waals surface area (Å²) in [7, 11) is 6.37. The van der Waals surface area contributed by atoms with Crippen molar-refractivity contribution in [3.8, 4) is 11.3 Å². The molecule has 1 aromatic carbocycles. The molecule has 0 unspecified atom stereocenters. The van der Waals surface area contributed by atoms with Crippen LogP contribution in [0.25, 0.3) is 11.3 Å². The van der Waals surface area contributed by atoms with E-state index in [4.69, 9.17) is 9.47 Å². The van der Waals surface area contributed by atoms with Crippen LogP contribution >= 0.6 is 0 Å². The van der Waals surface area contributed by atoms with Gasteiger partial charge in [-0.1, -0.05) is 12.1 Å². The van der Waals surface area contributed by atoms with E-state index in [-0.39, 0.29) is 11.7 Å². The number of hydrogen-bond donors (Lipinski definition) is 3. The monoisotopic (exact) mass is 575 g/mol. The van der Waals surface area contributed by atoms with E-state index < -0.39 is 23.6 Å². The smallest absolute Gasteiger partial charge is 0.412 e. The third-order valence-corrected chi connectivity index (χ3v) is 6.06. The van der Waals surface area contributed by atoms with E-state index in [2.05, 4.69) is 20.9 Å². The van der Waals surface area contributed by atoms with Gasteiger partial charge in [0.1, 0.15) is 17.0 Å². The predicted octanol–water partition coefficient (Wildman–Crippen LogP) is 4.40. The quantitative estimate of drug-likeness (QED) is 0.276. The van der Waals surface area contributed by atoms with Gasteiger partial charge in [0, 0.05) is 51.0 Å². The maximum absolute atomic E-state index is 13.0. The molecule has 42 heavy (non-hydrogen) atoms. The molecule has 3 N–H and O–H groups in total. The molecule has 0 aliphatic carbocycles. The van der Waals surface area contributed by atoms with E-state index in [9.17, 15) is 19.2 Å². The lowest BCUT2D eigenvalue weighted by Crippen LogP contribution is -2.27. The number of nitrogens with one attached hydrogen (secondary N) is 3. The fourth-order valence-electron chi connectivity index (χ4n) is 4.14. The topological polar surface area (TPSA) is 151 Å². The highest BCUT2D eigenvalue weighted by Crippen LogP contribution is 2.23. The number of rotatable bonds is 7. The molecule has 3 heterocycles. The average Bonchev–Trinajstić information content (AvgIpc) is 3.58. The van der Waals surface area contributed by atoms with Gasteiger partial charge in [0.2, 0.25) is 5.82 Å². The summed E-state index contributed by atoms with van der Waals surface area (Å²) in [5.41, 5.74) is 2.68. The zero-order valence-corrected chi connectivity index (χ0v) is 24.4. The zero-order valence-electron chi connectivity index (χ0n) is 24.4. The van der Waals surface area contributed by atoms with Gasteiger partial charge in [-0.15, -0.1) is 0 Å². The Hall–Kier alpha value is -5.33. The van der Waals surface area contributed by atoms with Crippen molar-refractivity contribution < 1.29 is 28.7 Å². The summed E-state index contributed by atoms with van der Waals surface area (Å²) in [6, 6.07) is 10.1. The van der Waals surface area contributed by atoms with Crippen LogP contribution in [0.3, 0.4) is 0 Å². The highest BCUT2D eigenvalue weighted by atomic mass is 16.6. The number of hydrogen-bond acceptors (Lipinski definition) is 7. The predicted molar refractivity (Wildman–Crippen MR) is 157 cm³/mol. The van der Waals surface area contributed by atoms with E-state index in [0.29, 0.717) is 34.1 Å². The number of nitrogens with zero attached hydrogens (tertiary/aromatic N) is 4. The minimum Gasteiger partial charge on any atom is -0.463 e. The molecule has 0 radical (unpaired) electrons. The van der Waals surface area contributed by atoms with Crippen LogP contribution in [0.2, 0.25) is 0 Å². The Bertz CT molecular complexity index is 1650. The van der Waals surface area contributed by atoms with Crippen LogP contribution in [-0.2, 0) is 30.6 Å². The van der Waals surface area contributed by atoms with Crippen LogP contribution < -0.4 is 16.0 Å². The molecular weight excluding hydrogens is 542 g/mol. The van der Waals surface area contributed by atoms with Gasteiger partial charge < -0.3 is 33.8 Å². The molecule has 4 aromatic rings. The molecule has 0 aliphatic heterocycles. The molecule has 3 aromatic heterocycles. The van der Waals surface area contributed by atoms with Crippen LogP contribution in [0.15, 0.2) is 55.0 Å². The van der Waals surface area contributed by atoms with Crippen LogP contribution in [0.1, 0.15) is 52.4 Å². The summed E-state index contributed by atoms with van der Waals surface area (Å²) >= 11 is 0. The van der Waals surface area contributed by atoms with Crippen molar-refractivity contribution in [3.63, 3.8) is 0 Å². The molecule has 0 aliphatic rings. The Morgan fingerprint density at radius 3 is 1.79 bits per heavy atom. The molecular formula is C29H33N7O6. The van der Waals surface area contributed by atoms with E-state index in [1.165, 1.54) is 13.2 Å². The number of carbonyl (C=O) groups is 4. The second-order valence-corrected chi connectivity index (χ2v) is 10.6. The molecule has 13 heteroatoms. The Morgan fingerprint density at radius 1 is 0.738 bits per heavy atom. The van der Waals surface area contributed by atoms with Crippen LogP contribution in [0.5, 0.6) is 0 Å². The number of esters is 1. The Morgan fingerprint density at radius 2 is 1.26 bits per heavy atom. The summed E-state index contributed by atoms with van der Waals surface area (Å²) in [6.45, 7) is 5.27. The summed E-state index contributed by atoms with van der Waals surface area (Å²) in [5, 5.41) is 8.23. The summed E-state index contributed by atoms with van der Waals surface area (Å²) in [5.74, 6) is -1.15. The number of benzene rings is 1. The molecule has 0 bridgehead atoms. The van der Waals surface area contributed by atoms with Gasteiger partial charge in [-0.3, -0.25) is 14.9 Å². The maximum atomic E-state index is 13.0. The fourth-order valence-corrected chi connectivity index (χ4v) is 4.14. The minimum absolute atomic E-state index is 0.182. The first-order chi connectivity index (χ1) is 19.7. The molecule has 3 amide bonds. The van der Waals surface area contributed by atoms with Crippen LogP contribution in [-0.4, -0.2) is 55.3 Å². The molecule has 0 saturated carbocycles. The van der Waals surface area contributed by atoms with Crippen molar-refractivity contribution in [1.82, 2.24) is 18.7 Å². The number of methoxy groups -OCH3 is 1. The second kappa shape index (κ2) is 11.6. The average molecular weight is 576 g/mol. The van der Waals surface area contributed by atoms with Gasteiger partial charge in [-0.25, -0.2) is 14.6 Å². The van der Waals surface area contributed by atoms with E-state index in [0.717, 1.165) is 5.56 Å². The number of amides is 3. The molecule has 0 spiro atoms. The number of aromatic nitrogens is 4. The standard InChI is InChI=1S/C29H33N7O6/c1-29(2,3)42-28(40)32-20-13-23(35(5)15-20)26(38)31-19-12-22(34(4)14-19)25(37)30-18-10-8-17(9-11-18)21-16-36(6)24(33-21)27(39)41-7/h8-16H,1-7H3,(H,30,37)(H,31,38)(H,32,40). The first-order valence-corrected chi connectivity index (χ1v) is 12.9. The van der Waals surface area contributed by atoms with Crippen molar-refractivity contribution >= 4 is 40.9 Å². The molecule has 4 rings (SSSR count).